The molecule has 3 aromatic rings. The zero-order valence-corrected chi connectivity index (χ0v) is 16.3. The van der Waals surface area contributed by atoms with E-state index in [4.69, 9.17) is 0 Å². The molecule has 1 amide bonds. The van der Waals surface area contributed by atoms with E-state index in [0.29, 0.717) is 37.6 Å². The Balaban J connectivity index is 1.34. The number of carbonyl (C=O) groups excluding carboxylic acids is 1. The average Bonchev–Trinajstić information content (AvgIpc) is 3.29. The Labute approximate surface area is 175 Å². The summed E-state index contributed by atoms with van der Waals surface area (Å²) < 4.78 is 42.0. The minimum atomic E-state index is -4.69. The second-order valence-corrected chi connectivity index (χ2v) is 6.88. The van der Waals surface area contributed by atoms with Gasteiger partial charge in [0.2, 0.25) is 11.7 Å². The third-order valence-corrected chi connectivity index (χ3v) is 4.81. The van der Waals surface area contributed by atoms with Crippen molar-refractivity contribution >= 4 is 17.8 Å². The molecule has 1 aliphatic heterocycles. The maximum Gasteiger partial charge on any atom is 0.471 e. The molecule has 0 aliphatic carbocycles. The molecule has 4 rings (SSSR count). The van der Waals surface area contributed by atoms with Crippen LogP contribution in [-0.2, 0) is 11.0 Å². The van der Waals surface area contributed by atoms with Gasteiger partial charge in [0.25, 0.3) is 0 Å². The predicted molar refractivity (Wildman–Crippen MR) is 107 cm³/mol. The van der Waals surface area contributed by atoms with Gasteiger partial charge in [0.1, 0.15) is 5.82 Å². The highest BCUT2D eigenvalue weighted by Gasteiger charge is 2.38. The molecule has 1 saturated heterocycles. The first kappa shape index (κ1) is 20.6. The molecule has 0 bridgehead atoms. The molecule has 31 heavy (non-hydrogen) atoms. The normalized spacial score (nSPS) is 14.9. The third kappa shape index (κ3) is 4.90. The number of hydrogen-bond acceptors (Lipinski definition) is 6. The quantitative estimate of drug-likeness (QED) is 0.591. The summed E-state index contributed by atoms with van der Waals surface area (Å²) in [6.45, 7) is 2.28. The number of anilines is 1. The summed E-state index contributed by atoms with van der Waals surface area (Å²) in [5.41, 5.74) is 1.28. The number of aromatic nitrogens is 3. The van der Waals surface area contributed by atoms with E-state index in [0.717, 1.165) is 5.56 Å². The molecule has 3 heterocycles. The summed E-state index contributed by atoms with van der Waals surface area (Å²) in [4.78, 5) is 23.8. The standard InChI is InChI=1S/C21H18F3N5O2/c22-21(23,24)20-26-19(27-31-20)16-7-8-17(25-14-16)28-10-12-29(13-11-28)18(30)9-6-15-4-2-1-3-5-15/h1-9,14H,10-13H2/b9-6-. The lowest BCUT2D eigenvalue weighted by atomic mass is 10.2. The minimum absolute atomic E-state index is 0.0515. The van der Waals surface area contributed by atoms with Crippen molar-refractivity contribution in [1.82, 2.24) is 20.0 Å². The van der Waals surface area contributed by atoms with Crippen LogP contribution in [0.1, 0.15) is 11.5 Å². The molecule has 0 spiro atoms. The van der Waals surface area contributed by atoms with Gasteiger partial charge in [0.15, 0.2) is 0 Å². The Hall–Kier alpha value is -3.69. The number of benzene rings is 1. The van der Waals surface area contributed by atoms with Crippen LogP contribution in [0, 0.1) is 0 Å². The number of amides is 1. The van der Waals surface area contributed by atoms with Crippen molar-refractivity contribution in [2.75, 3.05) is 31.1 Å². The molecule has 10 heteroatoms. The van der Waals surface area contributed by atoms with E-state index in [-0.39, 0.29) is 11.7 Å². The lowest BCUT2D eigenvalue weighted by Crippen LogP contribution is -2.48. The van der Waals surface area contributed by atoms with Crippen molar-refractivity contribution in [3.63, 3.8) is 0 Å². The van der Waals surface area contributed by atoms with Crippen molar-refractivity contribution in [2.24, 2.45) is 0 Å². The first-order valence-electron chi connectivity index (χ1n) is 9.54. The zero-order chi connectivity index (χ0) is 21.8. The minimum Gasteiger partial charge on any atom is -0.353 e. The van der Waals surface area contributed by atoms with E-state index >= 15 is 0 Å². The van der Waals surface area contributed by atoms with Gasteiger partial charge in [0, 0.05) is 44.0 Å². The molecular weight excluding hydrogens is 411 g/mol. The molecule has 0 N–H and O–H groups in total. The number of halogens is 3. The van der Waals surface area contributed by atoms with Crippen LogP contribution in [0.2, 0.25) is 0 Å². The Bertz CT molecular complexity index is 1060. The first-order chi connectivity index (χ1) is 14.9. The van der Waals surface area contributed by atoms with Gasteiger partial charge in [0.05, 0.1) is 0 Å². The molecule has 7 nitrogen and oxygen atoms in total. The smallest absolute Gasteiger partial charge is 0.353 e. The highest BCUT2D eigenvalue weighted by molar-refractivity contribution is 5.91. The van der Waals surface area contributed by atoms with Crippen LogP contribution < -0.4 is 4.90 Å². The second kappa shape index (κ2) is 8.58. The lowest BCUT2D eigenvalue weighted by Gasteiger charge is -2.35. The van der Waals surface area contributed by atoms with Crippen LogP contribution in [0.4, 0.5) is 19.0 Å². The van der Waals surface area contributed by atoms with E-state index in [1.54, 1.807) is 29.2 Å². The number of pyridine rings is 1. The summed E-state index contributed by atoms with van der Waals surface area (Å²) in [6.07, 6.45) is 0.0712. The number of alkyl halides is 3. The van der Waals surface area contributed by atoms with Crippen molar-refractivity contribution < 1.29 is 22.5 Å². The molecule has 160 valence electrons. The van der Waals surface area contributed by atoms with Crippen LogP contribution in [0.25, 0.3) is 17.5 Å². The first-order valence-corrected chi connectivity index (χ1v) is 9.54. The highest BCUT2D eigenvalue weighted by Crippen LogP contribution is 2.29. The Morgan fingerprint density at radius 2 is 1.77 bits per heavy atom. The molecule has 1 fully saturated rings. The third-order valence-electron chi connectivity index (χ3n) is 4.81. The summed E-state index contributed by atoms with van der Waals surface area (Å²) in [7, 11) is 0. The van der Waals surface area contributed by atoms with Crippen molar-refractivity contribution in [3.05, 3.63) is 66.2 Å². The average molecular weight is 429 g/mol. The van der Waals surface area contributed by atoms with Gasteiger partial charge < -0.3 is 14.3 Å². The fourth-order valence-corrected chi connectivity index (χ4v) is 3.15. The molecular formula is C21H18F3N5O2. The number of nitrogens with zero attached hydrogens (tertiary/aromatic N) is 5. The Morgan fingerprint density at radius 1 is 1.03 bits per heavy atom. The SMILES string of the molecule is O=C(/C=C\c1ccccc1)N1CCN(c2ccc(-c3noc(C(F)(F)F)n3)cn2)CC1. The maximum atomic E-state index is 12.6. The van der Waals surface area contributed by atoms with Gasteiger partial charge in [-0.3, -0.25) is 4.79 Å². The Kier molecular flexibility index (Phi) is 5.70. The van der Waals surface area contributed by atoms with Gasteiger partial charge >= 0.3 is 12.1 Å². The second-order valence-electron chi connectivity index (χ2n) is 6.88. The van der Waals surface area contributed by atoms with Crippen molar-refractivity contribution in [2.45, 2.75) is 6.18 Å². The van der Waals surface area contributed by atoms with E-state index in [2.05, 4.69) is 19.6 Å². The number of rotatable bonds is 4. The largest absolute Gasteiger partial charge is 0.471 e. The molecule has 0 radical (unpaired) electrons. The van der Waals surface area contributed by atoms with E-state index < -0.39 is 12.1 Å². The summed E-state index contributed by atoms with van der Waals surface area (Å²) in [5.74, 6) is -0.958. The van der Waals surface area contributed by atoms with E-state index in [1.165, 1.54) is 6.20 Å². The molecule has 0 saturated carbocycles. The predicted octanol–water partition coefficient (Wildman–Crippen LogP) is 3.51. The summed E-state index contributed by atoms with van der Waals surface area (Å²) >= 11 is 0. The molecule has 2 aromatic heterocycles. The van der Waals surface area contributed by atoms with Gasteiger partial charge in [-0.05, 0) is 23.8 Å². The zero-order valence-electron chi connectivity index (χ0n) is 16.3. The summed E-state index contributed by atoms with van der Waals surface area (Å²) in [5, 5.41) is 3.35. The van der Waals surface area contributed by atoms with Crippen LogP contribution in [0.3, 0.4) is 0 Å². The highest BCUT2D eigenvalue weighted by atomic mass is 19.4. The molecule has 1 aromatic carbocycles. The lowest BCUT2D eigenvalue weighted by molar-refractivity contribution is -0.159. The fourth-order valence-electron chi connectivity index (χ4n) is 3.15. The maximum absolute atomic E-state index is 12.6. The van der Waals surface area contributed by atoms with Crippen molar-refractivity contribution in [1.29, 1.82) is 0 Å². The molecule has 1 aliphatic rings. The van der Waals surface area contributed by atoms with Crippen LogP contribution >= 0.6 is 0 Å². The van der Waals surface area contributed by atoms with Gasteiger partial charge in [-0.2, -0.15) is 18.2 Å². The van der Waals surface area contributed by atoms with Crippen LogP contribution in [-0.4, -0.2) is 52.1 Å². The molecule has 0 atom stereocenters. The van der Waals surface area contributed by atoms with Gasteiger partial charge in [-0.25, -0.2) is 4.98 Å². The van der Waals surface area contributed by atoms with Crippen LogP contribution in [0.15, 0.2) is 59.3 Å². The van der Waals surface area contributed by atoms with Crippen molar-refractivity contribution in [3.8, 4) is 11.4 Å². The number of piperazine rings is 1. The van der Waals surface area contributed by atoms with Crippen LogP contribution in [0.5, 0.6) is 0 Å². The van der Waals surface area contributed by atoms with E-state index in [9.17, 15) is 18.0 Å². The Morgan fingerprint density at radius 3 is 2.39 bits per heavy atom. The monoisotopic (exact) mass is 429 g/mol. The molecule has 0 unspecified atom stereocenters. The number of hydrogen-bond donors (Lipinski definition) is 0. The fraction of sp³-hybridized carbons (Fsp3) is 0.238. The van der Waals surface area contributed by atoms with Gasteiger partial charge in [-0.15, -0.1) is 0 Å². The van der Waals surface area contributed by atoms with E-state index in [1.807, 2.05) is 35.2 Å². The summed E-state index contributed by atoms with van der Waals surface area (Å²) in [6, 6.07) is 12.9. The topological polar surface area (TPSA) is 75.4 Å². The number of carbonyl (C=O) groups is 1. The van der Waals surface area contributed by atoms with Gasteiger partial charge in [-0.1, -0.05) is 35.5 Å².